The van der Waals surface area contributed by atoms with Crippen LogP contribution in [0.25, 0.3) is 10.4 Å². The Kier molecular flexibility index (Phi) is 7.15. The lowest BCUT2D eigenvalue weighted by molar-refractivity contribution is 0.0691. The molecule has 190 valence electrons. The summed E-state index contributed by atoms with van der Waals surface area (Å²) < 4.78 is 32.9. The molecular formula is C27H24N2O6S2. The first-order valence-corrected chi connectivity index (χ1v) is 13.4. The number of sulfone groups is 1. The first-order chi connectivity index (χ1) is 17.6. The van der Waals surface area contributed by atoms with Crippen molar-refractivity contribution in [1.82, 2.24) is 4.98 Å². The normalized spacial score (nSPS) is 11.3. The van der Waals surface area contributed by atoms with Crippen molar-refractivity contribution >= 4 is 38.6 Å². The summed E-state index contributed by atoms with van der Waals surface area (Å²) in [6.45, 7) is 2.93. The Hall–Kier alpha value is -4.02. The molecule has 0 aliphatic rings. The number of rotatable bonds is 8. The van der Waals surface area contributed by atoms with Crippen molar-refractivity contribution in [3.8, 4) is 16.2 Å². The number of nitrogens with two attached hydrogens (primary N) is 1. The van der Waals surface area contributed by atoms with E-state index in [2.05, 4.69) is 4.98 Å². The molecule has 8 nitrogen and oxygen atoms in total. The van der Waals surface area contributed by atoms with Gasteiger partial charge in [0.1, 0.15) is 5.75 Å². The van der Waals surface area contributed by atoms with Crippen LogP contribution < -0.4 is 10.5 Å². The fourth-order valence-electron chi connectivity index (χ4n) is 4.18. The van der Waals surface area contributed by atoms with E-state index in [1.807, 2.05) is 0 Å². The van der Waals surface area contributed by atoms with Gasteiger partial charge in [-0.1, -0.05) is 6.07 Å². The number of aromatic nitrogens is 1. The molecule has 0 aliphatic heterocycles. The second-order valence-electron chi connectivity index (χ2n) is 8.34. The molecule has 0 fully saturated rings. The quantitative estimate of drug-likeness (QED) is 0.236. The van der Waals surface area contributed by atoms with Gasteiger partial charge >= 0.3 is 5.97 Å². The van der Waals surface area contributed by atoms with E-state index in [1.54, 1.807) is 36.7 Å². The number of hydrogen-bond acceptors (Lipinski definition) is 8. The number of methoxy groups -OCH3 is 1. The first-order valence-electron chi connectivity index (χ1n) is 11.1. The van der Waals surface area contributed by atoms with Gasteiger partial charge in [-0.25, -0.2) is 13.2 Å². The molecule has 0 saturated heterocycles. The lowest BCUT2D eigenvalue weighted by atomic mass is 9.90. The van der Waals surface area contributed by atoms with Crippen molar-refractivity contribution in [2.24, 2.45) is 0 Å². The van der Waals surface area contributed by atoms with Gasteiger partial charge < -0.3 is 15.6 Å². The van der Waals surface area contributed by atoms with Crippen molar-refractivity contribution in [2.75, 3.05) is 12.8 Å². The minimum Gasteiger partial charge on any atom is -0.497 e. The smallest absolute Gasteiger partial charge is 0.337 e. The van der Waals surface area contributed by atoms with E-state index in [1.165, 1.54) is 56.6 Å². The van der Waals surface area contributed by atoms with Gasteiger partial charge in [-0.05, 0) is 73.0 Å². The largest absolute Gasteiger partial charge is 0.497 e. The summed E-state index contributed by atoms with van der Waals surface area (Å²) in [5, 5.41) is 10.4. The standard InChI is InChI=1S/C27H24N2O6S2/c1-15-25(28)23(22-11-10-21(36-22)16(2)30)20(13-17-5-4-12-29-14-17)24(27(31)32)26(15)37(33,34)19-8-6-18(35-3)7-9-19/h4-12,14H,13,28H2,1-3H3,(H,31,32). The predicted octanol–water partition coefficient (Wildman–Crippen LogP) is 5.03. The number of ether oxygens (including phenoxy) is 1. The number of anilines is 1. The van der Waals surface area contributed by atoms with E-state index in [-0.39, 0.29) is 44.4 Å². The van der Waals surface area contributed by atoms with Crippen molar-refractivity contribution in [1.29, 1.82) is 0 Å². The second-order valence-corrected chi connectivity index (χ2v) is 11.3. The molecule has 3 N–H and O–H groups in total. The van der Waals surface area contributed by atoms with Gasteiger partial charge in [-0.3, -0.25) is 9.78 Å². The molecule has 10 heteroatoms. The Bertz CT molecular complexity index is 1610. The first kappa shape index (κ1) is 26.1. The van der Waals surface area contributed by atoms with Crippen LogP contribution in [0, 0.1) is 6.92 Å². The van der Waals surface area contributed by atoms with Crippen LogP contribution in [0.15, 0.2) is 70.7 Å². The van der Waals surface area contributed by atoms with E-state index in [0.717, 1.165) is 0 Å². The van der Waals surface area contributed by atoms with Crippen molar-refractivity contribution in [2.45, 2.75) is 30.1 Å². The Morgan fingerprint density at radius 2 is 1.81 bits per heavy atom. The number of hydrogen-bond donors (Lipinski definition) is 2. The molecular weight excluding hydrogens is 512 g/mol. The zero-order valence-electron chi connectivity index (χ0n) is 20.3. The van der Waals surface area contributed by atoms with E-state index in [0.29, 0.717) is 26.6 Å². The maximum Gasteiger partial charge on any atom is 0.337 e. The molecule has 0 spiro atoms. The lowest BCUT2D eigenvalue weighted by Crippen LogP contribution is -2.18. The highest BCUT2D eigenvalue weighted by atomic mass is 32.2. The number of carbonyl (C=O) groups excluding carboxylic acids is 1. The second kappa shape index (κ2) is 10.2. The fourth-order valence-corrected chi connectivity index (χ4v) is 6.89. The van der Waals surface area contributed by atoms with Gasteiger partial charge in [-0.15, -0.1) is 11.3 Å². The molecule has 37 heavy (non-hydrogen) atoms. The fraction of sp³-hybridized carbons (Fsp3) is 0.148. The number of pyridine rings is 1. The number of thiophene rings is 1. The maximum absolute atomic E-state index is 13.9. The Morgan fingerprint density at radius 3 is 2.35 bits per heavy atom. The number of nitrogen functional groups attached to an aromatic ring is 1. The topological polar surface area (TPSA) is 137 Å². The highest BCUT2D eigenvalue weighted by Crippen LogP contribution is 2.44. The molecule has 0 radical (unpaired) electrons. The molecule has 2 aromatic carbocycles. The summed E-state index contributed by atoms with van der Waals surface area (Å²) in [7, 11) is -2.84. The minimum absolute atomic E-state index is 0.0632. The van der Waals surface area contributed by atoms with Crippen LogP contribution in [-0.4, -0.2) is 37.4 Å². The molecule has 0 atom stereocenters. The van der Waals surface area contributed by atoms with Crippen LogP contribution in [0.1, 0.15) is 43.6 Å². The number of carbonyl (C=O) groups is 2. The molecule has 4 aromatic rings. The van der Waals surface area contributed by atoms with E-state index >= 15 is 0 Å². The van der Waals surface area contributed by atoms with Gasteiger partial charge in [0.2, 0.25) is 9.84 Å². The van der Waals surface area contributed by atoms with Crippen LogP contribution >= 0.6 is 11.3 Å². The van der Waals surface area contributed by atoms with E-state index in [4.69, 9.17) is 10.5 Å². The highest BCUT2D eigenvalue weighted by Gasteiger charge is 2.34. The van der Waals surface area contributed by atoms with Crippen LogP contribution in [0.3, 0.4) is 0 Å². The van der Waals surface area contributed by atoms with Gasteiger partial charge in [0, 0.05) is 34.9 Å². The monoisotopic (exact) mass is 536 g/mol. The molecule has 0 bridgehead atoms. The third-order valence-electron chi connectivity index (χ3n) is 6.00. The zero-order chi connectivity index (χ0) is 26.9. The summed E-state index contributed by atoms with van der Waals surface area (Å²) >= 11 is 1.17. The van der Waals surface area contributed by atoms with Crippen molar-refractivity contribution in [3.05, 3.63) is 88.1 Å². The number of ketones is 1. The third-order valence-corrected chi connectivity index (χ3v) is 9.14. The van der Waals surface area contributed by atoms with Crippen molar-refractivity contribution in [3.63, 3.8) is 0 Å². The number of Topliss-reactive ketones (excluding diaryl/α,β-unsaturated/α-hetero) is 1. The minimum atomic E-state index is -4.30. The van der Waals surface area contributed by atoms with Crippen LogP contribution in [0.5, 0.6) is 5.75 Å². The number of benzene rings is 2. The van der Waals surface area contributed by atoms with Crippen molar-refractivity contribution < 1.29 is 27.9 Å². The molecule has 0 unspecified atom stereocenters. The van der Waals surface area contributed by atoms with Gasteiger partial charge in [0.15, 0.2) is 5.78 Å². The number of nitrogens with zero attached hydrogens (tertiary/aromatic N) is 1. The Balaban J connectivity index is 2.08. The number of carboxylic acid groups (broad SMARTS) is 1. The average Bonchev–Trinajstić information content (AvgIpc) is 3.36. The van der Waals surface area contributed by atoms with E-state index < -0.39 is 15.8 Å². The Morgan fingerprint density at radius 1 is 1.11 bits per heavy atom. The maximum atomic E-state index is 13.9. The molecule has 0 saturated carbocycles. The average molecular weight is 537 g/mol. The van der Waals surface area contributed by atoms with Crippen LogP contribution in [0.2, 0.25) is 0 Å². The van der Waals surface area contributed by atoms with Gasteiger partial charge in [0.25, 0.3) is 0 Å². The molecule has 0 amide bonds. The zero-order valence-corrected chi connectivity index (χ0v) is 21.9. The van der Waals surface area contributed by atoms with Crippen LogP contribution in [0.4, 0.5) is 5.69 Å². The number of aromatic carboxylic acids is 1. The lowest BCUT2D eigenvalue weighted by Gasteiger charge is -2.22. The highest BCUT2D eigenvalue weighted by molar-refractivity contribution is 7.91. The SMILES string of the molecule is COc1ccc(S(=O)(=O)c2c(C)c(N)c(-c3ccc(C(C)=O)s3)c(Cc3cccnc3)c2C(=O)O)cc1. The van der Waals surface area contributed by atoms with Gasteiger partial charge in [-0.2, -0.15) is 0 Å². The molecule has 2 aromatic heterocycles. The predicted molar refractivity (Wildman–Crippen MR) is 141 cm³/mol. The van der Waals surface area contributed by atoms with Gasteiger partial charge in [0.05, 0.1) is 27.3 Å². The number of carboxylic acids is 1. The summed E-state index contributed by atoms with van der Waals surface area (Å²) in [4.78, 5) is 29.5. The Labute approximate surface area is 218 Å². The van der Waals surface area contributed by atoms with Crippen LogP contribution in [-0.2, 0) is 16.3 Å². The van der Waals surface area contributed by atoms with E-state index in [9.17, 15) is 23.1 Å². The summed E-state index contributed by atoms with van der Waals surface area (Å²) in [5.41, 5.74) is 7.76. The molecule has 0 aliphatic carbocycles. The molecule has 4 rings (SSSR count). The summed E-state index contributed by atoms with van der Waals surface area (Å²) in [6.07, 6.45) is 3.23. The third kappa shape index (κ3) is 4.85. The summed E-state index contributed by atoms with van der Waals surface area (Å²) in [6, 6.07) is 12.5. The summed E-state index contributed by atoms with van der Waals surface area (Å²) in [5.74, 6) is -1.09. The molecule has 2 heterocycles.